The van der Waals surface area contributed by atoms with Gasteiger partial charge in [-0.25, -0.2) is 0 Å². The first-order valence-electron chi connectivity index (χ1n) is 5.20. The number of rotatable bonds is 1. The topological polar surface area (TPSA) is 43.4 Å². The highest BCUT2D eigenvalue weighted by atomic mass is 16.5. The summed E-state index contributed by atoms with van der Waals surface area (Å²) in [6, 6.07) is 0. The fraction of sp³-hybridized carbons (Fsp3) is 0.500. The molecule has 3 aliphatic carbocycles. The predicted molar refractivity (Wildman–Crippen MR) is 52.8 cm³/mol. The van der Waals surface area contributed by atoms with Crippen LogP contribution in [0, 0.1) is 23.2 Å². The highest BCUT2D eigenvalue weighted by molar-refractivity contribution is 6.03. The summed E-state index contributed by atoms with van der Waals surface area (Å²) in [5, 5.41) is 0. The fourth-order valence-corrected chi connectivity index (χ4v) is 3.43. The average molecular weight is 204 g/mol. The zero-order chi connectivity index (χ0) is 10.6. The summed E-state index contributed by atoms with van der Waals surface area (Å²) in [5.41, 5.74) is -0.675. The quantitative estimate of drug-likeness (QED) is 0.474. The van der Waals surface area contributed by atoms with Gasteiger partial charge < -0.3 is 4.74 Å². The number of carbonyl (C=O) groups is 2. The molecule has 78 valence electrons. The highest BCUT2D eigenvalue weighted by Gasteiger charge is 2.64. The molecule has 4 atom stereocenters. The lowest BCUT2D eigenvalue weighted by atomic mass is 9.70. The van der Waals surface area contributed by atoms with Crippen LogP contribution in [0.5, 0.6) is 0 Å². The zero-order valence-corrected chi connectivity index (χ0v) is 8.47. The van der Waals surface area contributed by atoms with Crippen LogP contribution in [0.3, 0.4) is 0 Å². The summed E-state index contributed by atoms with van der Waals surface area (Å²) in [7, 11) is 1.39. The average Bonchev–Trinajstić information content (AvgIpc) is 2.89. The molecule has 15 heavy (non-hydrogen) atoms. The molecule has 3 heteroatoms. The van der Waals surface area contributed by atoms with E-state index in [1.54, 1.807) is 12.2 Å². The number of allylic oxidation sites excluding steroid dienone is 3. The van der Waals surface area contributed by atoms with Gasteiger partial charge in [-0.15, -0.1) is 0 Å². The van der Waals surface area contributed by atoms with E-state index >= 15 is 0 Å². The molecule has 0 amide bonds. The maximum Gasteiger partial charge on any atom is 0.317 e. The molecule has 0 aromatic rings. The van der Waals surface area contributed by atoms with Crippen molar-refractivity contribution in [2.24, 2.45) is 23.2 Å². The zero-order valence-electron chi connectivity index (χ0n) is 8.47. The Hall–Kier alpha value is -1.38. The van der Waals surface area contributed by atoms with Crippen molar-refractivity contribution in [3.05, 3.63) is 24.3 Å². The van der Waals surface area contributed by atoms with Gasteiger partial charge in [-0.05, 0) is 24.3 Å². The number of ketones is 1. The van der Waals surface area contributed by atoms with E-state index in [9.17, 15) is 9.59 Å². The van der Waals surface area contributed by atoms with E-state index in [4.69, 9.17) is 4.74 Å². The van der Waals surface area contributed by atoms with Crippen molar-refractivity contribution < 1.29 is 14.3 Å². The van der Waals surface area contributed by atoms with Crippen LogP contribution in [-0.2, 0) is 14.3 Å². The van der Waals surface area contributed by atoms with Crippen molar-refractivity contribution >= 4 is 11.8 Å². The van der Waals surface area contributed by atoms with Gasteiger partial charge >= 0.3 is 5.97 Å². The first kappa shape index (κ1) is 8.89. The van der Waals surface area contributed by atoms with Crippen LogP contribution in [0.15, 0.2) is 24.3 Å². The Morgan fingerprint density at radius 2 is 2.33 bits per heavy atom. The van der Waals surface area contributed by atoms with Crippen LogP contribution < -0.4 is 0 Å². The smallest absolute Gasteiger partial charge is 0.317 e. The summed E-state index contributed by atoms with van der Waals surface area (Å²) in [5.74, 6) is 0.0166. The maximum absolute atomic E-state index is 11.9. The lowest BCUT2D eigenvalue weighted by Crippen LogP contribution is -2.41. The Bertz CT molecular complexity index is 407. The Kier molecular flexibility index (Phi) is 1.54. The van der Waals surface area contributed by atoms with E-state index in [-0.39, 0.29) is 29.5 Å². The number of hydrogen-bond acceptors (Lipinski definition) is 3. The molecule has 0 radical (unpaired) electrons. The van der Waals surface area contributed by atoms with E-state index in [0.717, 1.165) is 6.42 Å². The molecule has 3 aliphatic rings. The molecular weight excluding hydrogens is 192 g/mol. The molecule has 0 unspecified atom stereocenters. The second-order valence-corrected chi connectivity index (χ2v) is 4.53. The summed E-state index contributed by atoms with van der Waals surface area (Å²) < 4.78 is 4.86. The van der Waals surface area contributed by atoms with Crippen molar-refractivity contribution in [3.63, 3.8) is 0 Å². The van der Waals surface area contributed by atoms with Crippen LogP contribution in [0.4, 0.5) is 0 Å². The monoisotopic (exact) mass is 204 g/mol. The van der Waals surface area contributed by atoms with Gasteiger partial charge in [0.15, 0.2) is 5.78 Å². The Labute approximate surface area is 87.8 Å². The van der Waals surface area contributed by atoms with Gasteiger partial charge in [0.25, 0.3) is 0 Å². The summed E-state index contributed by atoms with van der Waals surface area (Å²) in [4.78, 5) is 23.6. The molecule has 2 bridgehead atoms. The Balaban J connectivity index is 2.13. The minimum Gasteiger partial charge on any atom is -0.468 e. The second kappa shape index (κ2) is 2.60. The minimum absolute atomic E-state index is 0.0808. The van der Waals surface area contributed by atoms with Gasteiger partial charge in [0.2, 0.25) is 0 Å². The third kappa shape index (κ3) is 0.822. The minimum atomic E-state index is -0.675. The number of ether oxygens (including phenoxy) is 1. The maximum atomic E-state index is 11.9. The molecule has 3 rings (SSSR count). The van der Waals surface area contributed by atoms with Crippen LogP contribution in [0.1, 0.15) is 6.42 Å². The van der Waals surface area contributed by atoms with E-state index in [1.165, 1.54) is 7.11 Å². The van der Waals surface area contributed by atoms with E-state index in [2.05, 4.69) is 12.2 Å². The number of esters is 1. The largest absolute Gasteiger partial charge is 0.468 e. The predicted octanol–water partition coefficient (Wildman–Crippen LogP) is 1.11. The van der Waals surface area contributed by atoms with Gasteiger partial charge in [-0.1, -0.05) is 18.2 Å². The van der Waals surface area contributed by atoms with E-state index in [1.807, 2.05) is 0 Å². The standard InChI is InChI=1S/C12H12O3/c1-15-11(14)12-5-4-9(13)10(12)7-2-3-8(12)6-7/h2-5,7-8,10H,6H2,1H3/t7-,8-,10+,12+/m0/s1. The Morgan fingerprint density at radius 3 is 3.07 bits per heavy atom. The number of methoxy groups -OCH3 is 1. The molecule has 0 N–H and O–H groups in total. The number of carbonyl (C=O) groups excluding carboxylic acids is 2. The first-order chi connectivity index (χ1) is 7.20. The molecule has 0 heterocycles. The van der Waals surface area contributed by atoms with E-state index < -0.39 is 5.41 Å². The van der Waals surface area contributed by atoms with Crippen LogP contribution >= 0.6 is 0 Å². The highest BCUT2D eigenvalue weighted by Crippen LogP contribution is 2.60. The third-order valence-electron chi connectivity index (χ3n) is 4.04. The SMILES string of the molecule is COC(=O)[C@@]12C=CC(=O)[C@H]1[C@H]1C=C[C@H]2C1. The summed E-state index contributed by atoms with van der Waals surface area (Å²) >= 11 is 0. The normalized spacial score (nSPS) is 44.9. The van der Waals surface area contributed by atoms with Crippen molar-refractivity contribution in [1.82, 2.24) is 0 Å². The van der Waals surface area contributed by atoms with Crippen LogP contribution in [0.25, 0.3) is 0 Å². The molecule has 1 saturated carbocycles. The molecule has 1 fully saturated rings. The lowest BCUT2D eigenvalue weighted by molar-refractivity contribution is -0.154. The molecule has 0 spiro atoms. The molecule has 0 aromatic carbocycles. The van der Waals surface area contributed by atoms with Crippen molar-refractivity contribution in [2.75, 3.05) is 7.11 Å². The van der Waals surface area contributed by atoms with Gasteiger partial charge in [-0.2, -0.15) is 0 Å². The molecule has 0 aliphatic heterocycles. The van der Waals surface area contributed by atoms with Gasteiger partial charge in [-0.3, -0.25) is 9.59 Å². The summed E-state index contributed by atoms with van der Waals surface area (Å²) in [6.45, 7) is 0. The molecule has 3 nitrogen and oxygen atoms in total. The number of hydrogen-bond donors (Lipinski definition) is 0. The van der Waals surface area contributed by atoms with Crippen LogP contribution in [0.2, 0.25) is 0 Å². The first-order valence-corrected chi connectivity index (χ1v) is 5.20. The van der Waals surface area contributed by atoms with Crippen molar-refractivity contribution in [3.8, 4) is 0 Å². The lowest BCUT2D eigenvalue weighted by Gasteiger charge is -2.31. The Morgan fingerprint density at radius 1 is 1.53 bits per heavy atom. The summed E-state index contributed by atoms with van der Waals surface area (Å²) in [6.07, 6.45) is 8.35. The van der Waals surface area contributed by atoms with Crippen LogP contribution in [-0.4, -0.2) is 18.9 Å². The van der Waals surface area contributed by atoms with Gasteiger partial charge in [0.05, 0.1) is 7.11 Å². The van der Waals surface area contributed by atoms with Gasteiger partial charge in [0, 0.05) is 5.92 Å². The molecule has 0 saturated heterocycles. The van der Waals surface area contributed by atoms with Crippen molar-refractivity contribution in [2.45, 2.75) is 6.42 Å². The molecular formula is C12H12O3. The van der Waals surface area contributed by atoms with E-state index in [0.29, 0.717) is 0 Å². The number of fused-ring (bicyclic) bond motifs is 5. The third-order valence-corrected chi connectivity index (χ3v) is 4.04. The van der Waals surface area contributed by atoms with Gasteiger partial charge in [0.1, 0.15) is 5.41 Å². The van der Waals surface area contributed by atoms with Crippen molar-refractivity contribution in [1.29, 1.82) is 0 Å². The second-order valence-electron chi connectivity index (χ2n) is 4.53. The molecule has 0 aromatic heterocycles. The fourth-order valence-electron chi connectivity index (χ4n) is 3.43.